The number of thiophene rings is 1. The van der Waals surface area contributed by atoms with Crippen LogP contribution in [0, 0.1) is 6.92 Å². The van der Waals surface area contributed by atoms with Gasteiger partial charge in [0.15, 0.2) is 0 Å². The molecule has 0 saturated carbocycles. The molecule has 5 nitrogen and oxygen atoms in total. The normalized spacial score (nSPS) is 13.9. The van der Waals surface area contributed by atoms with Crippen molar-refractivity contribution in [2.45, 2.75) is 46.3 Å². The maximum absolute atomic E-state index is 12.7. The van der Waals surface area contributed by atoms with E-state index in [0.717, 1.165) is 55.0 Å². The zero-order valence-electron chi connectivity index (χ0n) is 16.9. The lowest BCUT2D eigenvalue weighted by molar-refractivity contribution is 0.0949. The van der Waals surface area contributed by atoms with Crippen LogP contribution in [0.25, 0.3) is 0 Å². The highest BCUT2D eigenvalue weighted by atomic mass is 32.1. The molecule has 4 rings (SSSR count). The van der Waals surface area contributed by atoms with E-state index in [1.807, 2.05) is 30.6 Å². The summed E-state index contributed by atoms with van der Waals surface area (Å²) in [5.41, 5.74) is 6.41. The van der Waals surface area contributed by atoms with Crippen LogP contribution in [0.5, 0.6) is 0 Å². The molecule has 1 aliphatic rings. The van der Waals surface area contributed by atoms with Crippen molar-refractivity contribution in [2.24, 2.45) is 0 Å². The Balaban J connectivity index is 1.38. The lowest BCUT2D eigenvalue weighted by Gasteiger charge is -2.27. The molecular weight excluding hydrogens is 380 g/mol. The van der Waals surface area contributed by atoms with E-state index in [4.69, 9.17) is 0 Å². The predicted octanol–water partition coefficient (Wildman–Crippen LogP) is 3.90. The molecule has 6 heteroatoms. The first-order valence-electron chi connectivity index (χ1n) is 10.1. The number of pyridine rings is 2. The van der Waals surface area contributed by atoms with Crippen LogP contribution in [-0.2, 0) is 32.5 Å². The van der Waals surface area contributed by atoms with E-state index in [-0.39, 0.29) is 5.91 Å². The Morgan fingerprint density at radius 3 is 2.93 bits per heavy atom. The average molecular weight is 407 g/mol. The fourth-order valence-corrected chi connectivity index (χ4v) is 4.78. The first-order valence-corrected chi connectivity index (χ1v) is 11.0. The average Bonchev–Trinajstić information content (AvgIpc) is 3.17. The van der Waals surface area contributed by atoms with Crippen molar-refractivity contribution in [1.29, 1.82) is 0 Å². The van der Waals surface area contributed by atoms with Crippen LogP contribution in [0.3, 0.4) is 0 Å². The molecule has 0 bridgehead atoms. The third-order valence-electron chi connectivity index (χ3n) is 5.48. The van der Waals surface area contributed by atoms with Crippen LogP contribution >= 0.6 is 11.3 Å². The number of fused-ring (bicyclic) bond motifs is 1. The molecule has 0 spiro atoms. The zero-order chi connectivity index (χ0) is 20.2. The van der Waals surface area contributed by atoms with Gasteiger partial charge >= 0.3 is 0 Å². The summed E-state index contributed by atoms with van der Waals surface area (Å²) in [6, 6.07) is 8.21. The highest BCUT2D eigenvalue weighted by Gasteiger charge is 2.24. The summed E-state index contributed by atoms with van der Waals surface area (Å²) in [6.07, 6.45) is 5.65. The molecule has 0 aromatic carbocycles. The molecule has 0 saturated heterocycles. The van der Waals surface area contributed by atoms with Crippen LogP contribution in [0.2, 0.25) is 0 Å². The Kier molecular flexibility index (Phi) is 6.02. The molecule has 1 amide bonds. The van der Waals surface area contributed by atoms with Crippen molar-refractivity contribution in [2.75, 3.05) is 6.54 Å². The number of aromatic nitrogens is 2. The summed E-state index contributed by atoms with van der Waals surface area (Å²) >= 11 is 1.69. The third-order valence-corrected chi connectivity index (χ3v) is 6.50. The largest absolute Gasteiger partial charge is 0.346 e. The van der Waals surface area contributed by atoms with E-state index in [9.17, 15) is 4.79 Å². The zero-order valence-corrected chi connectivity index (χ0v) is 17.8. The lowest BCUT2D eigenvalue weighted by atomic mass is 10.0. The van der Waals surface area contributed by atoms with E-state index in [2.05, 4.69) is 39.2 Å². The molecule has 150 valence electrons. The van der Waals surface area contributed by atoms with E-state index in [1.165, 1.54) is 16.0 Å². The molecule has 0 aliphatic carbocycles. The number of amides is 1. The number of carbonyl (C=O) groups excluding carboxylic acids is 1. The molecule has 1 aliphatic heterocycles. The summed E-state index contributed by atoms with van der Waals surface area (Å²) in [5, 5.41) is 5.04. The van der Waals surface area contributed by atoms with Gasteiger partial charge in [-0.25, -0.2) is 0 Å². The van der Waals surface area contributed by atoms with Gasteiger partial charge < -0.3 is 5.32 Å². The van der Waals surface area contributed by atoms with Gasteiger partial charge in [0.1, 0.15) is 0 Å². The Morgan fingerprint density at radius 1 is 1.28 bits per heavy atom. The number of carbonyl (C=O) groups is 1. The smallest absolute Gasteiger partial charge is 0.252 e. The van der Waals surface area contributed by atoms with E-state index in [0.29, 0.717) is 6.54 Å². The van der Waals surface area contributed by atoms with Crippen molar-refractivity contribution >= 4 is 17.2 Å². The van der Waals surface area contributed by atoms with Crippen molar-refractivity contribution in [1.82, 2.24) is 20.2 Å². The predicted molar refractivity (Wildman–Crippen MR) is 116 cm³/mol. The molecule has 4 heterocycles. The second-order valence-electron chi connectivity index (χ2n) is 7.47. The van der Waals surface area contributed by atoms with Gasteiger partial charge in [-0.05, 0) is 48.6 Å². The molecule has 0 atom stereocenters. The Morgan fingerprint density at radius 2 is 2.17 bits per heavy atom. The Hall–Kier alpha value is -2.57. The molecule has 1 N–H and O–H groups in total. The second-order valence-corrected chi connectivity index (χ2v) is 8.44. The minimum atomic E-state index is -0.00201. The van der Waals surface area contributed by atoms with Crippen molar-refractivity contribution < 1.29 is 4.79 Å². The fourth-order valence-electron chi connectivity index (χ4n) is 3.66. The van der Waals surface area contributed by atoms with Gasteiger partial charge in [-0.2, -0.15) is 0 Å². The van der Waals surface area contributed by atoms with E-state index in [1.54, 1.807) is 17.5 Å². The summed E-state index contributed by atoms with van der Waals surface area (Å²) < 4.78 is 0. The number of nitrogens with zero attached hydrogens (tertiary/aromatic N) is 3. The van der Waals surface area contributed by atoms with Gasteiger partial charge in [0, 0.05) is 42.3 Å². The molecule has 0 radical (unpaired) electrons. The maximum Gasteiger partial charge on any atom is 0.252 e. The highest BCUT2D eigenvalue weighted by molar-refractivity contribution is 7.10. The highest BCUT2D eigenvalue weighted by Crippen LogP contribution is 2.29. The number of hydrogen-bond acceptors (Lipinski definition) is 5. The molecular formula is C23H26N4OS. The topological polar surface area (TPSA) is 58.1 Å². The van der Waals surface area contributed by atoms with Gasteiger partial charge in [-0.1, -0.05) is 19.1 Å². The lowest BCUT2D eigenvalue weighted by Crippen LogP contribution is -2.31. The van der Waals surface area contributed by atoms with Gasteiger partial charge in [0.05, 0.1) is 23.5 Å². The summed E-state index contributed by atoms with van der Waals surface area (Å²) in [5.74, 6) is -0.00201. The van der Waals surface area contributed by atoms with Crippen LogP contribution in [0.15, 0.2) is 42.0 Å². The monoisotopic (exact) mass is 406 g/mol. The molecule has 29 heavy (non-hydrogen) atoms. The molecule has 0 fully saturated rings. The maximum atomic E-state index is 12.7. The number of rotatable bonds is 6. The number of hydrogen-bond donors (Lipinski definition) is 1. The third kappa shape index (κ3) is 4.54. The SMILES string of the molecule is CCc1ccc(CN2CCc3c(C(=O)NCc4ncccc4C)csc3C2)nc1. The Labute approximate surface area is 175 Å². The quantitative estimate of drug-likeness (QED) is 0.675. The van der Waals surface area contributed by atoms with Crippen LogP contribution in [0.1, 0.15) is 50.2 Å². The minimum Gasteiger partial charge on any atom is -0.346 e. The molecule has 3 aromatic rings. The first kappa shape index (κ1) is 19.7. The van der Waals surface area contributed by atoms with Gasteiger partial charge in [-0.3, -0.25) is 19.7 Å². The summed E-state index contributed by atoms with van der Waals surface area (Å²) in [4.78, 5) is 25.4. The summed E-state index contributed by atoms with van der Waals surface area (Å²) in [7, 11) is 0. The van der Waals surface area contributed by atoms with E-state index >= 15 is 0 Å². The molecule has 0 unspecified atom stereocenters. The van der Waals surface area contributed by atoms with E-state index < -0.39 is 0 Å². The van der Waals surface area contributed by atoms with Crippen LogP contribution in [0.4, 0.5) is 0 Å². The summed E-state index contributed by atoms with van der Waals surface area (Å²) in [6.45, 7) is 7.29. The van der Waals surface area contributed by atoms with Crippen LogP contribution in [-0.4, -0.2) is 27.3 Å². The van der Waals surface area contributed by atoms with Gasteiger partial charge in [-0.15, -0.1) is 11.3 Å². The number of aryl methyl sites for hydroxylation is 2. The molecule has 3 aromatic heterocycles. The first-order chi connectivity index (χ1) is 14.1. The second kappa shape index (κ2) is 8.84. The fraction of sp³-hybridized carbons (Fsp3) is 0.348. The number of nitrogens with one attached hydrogen (secondary N) is 1. The van der Waals surface area contributed by atoms with Crippen molar-refractivity contribution in [3.8, 4) is 0 Å². The van der Waals surface area contributed by atoms with Crippen molar-refractivity contribution in [3.63, 3.8) is 0 Å². The van der Waals surface area contributed by atoms with Gasteiger partial charge in [0.2, 0.25) is 0 Å². The minimum absolute atomic E-state index is 0.00201. The standard InChI is InChI=1S/C23H26N4OS/c1-3-17-6-7-18(25-11-17)13-27-10-8-19-20(15-29-22(19)14-27)23(28)26-12-21-16(2)5-4-9-24-21/h4-7,9,11,15H,3,8,10,12-14H2,1-2H3,(H,26,28). The van der Waals surface area contributed by atoms with Crippen molar-refractivity contribution in [3.05, 3.63) is 80.6 Å². The van der Waals surface area contributed by atoms with Gasteiger partial charge in [0.25, 0.3) is 5.91 Å². The van der Waals surface area contributed by atoms with Crippen LogP contribution < -0.4 is 5.32 Å². The Bertz CT molecular complexity index is 996.